The molecule has 38 heavy (non-hydrogen) atoms. The van der Waals surface area contributed by atoms with Crippen LogP contribution in [0.5, 0.6) is 5.75 Å². The summed E-state index contributed by atoms with van der Waals surface area (Å²) in [4.78, 5) is 38.0. The zero-order valence-electron chi connectivity index (χ0n) is 23.9. The van der Waals surface area contributed by atoms with E-state index in [1.165, 1.54) is 0 Å². The Morgan fingerprint density at radius 2 is 1.71 bits per heavy atom. The Labute approximate surface area is 226 Å². The second-order valence-corrected chi connectivity index (χ2v) is 9.79. The first-order valence-electron chi connectivity index (χ1n) is 13.5. The molecule has 1 amide bonds. The lowest BCUT2D eigenvalue weighted by atomic mass is 10.1. The molecule has 0 spiro atoms. The number of nitrogen functional groups attached to an aromatic ring is 1. The highest BCUT2D eigenvalue weighted by molar-refractivity contribution is 5.81. The molecule has 1 aromatic carbocycles. The van der Waals surface area contributed by atoms with Gasteiger partial charge in [-0.2, -0.15) is 4.98 Å². The molecule has 1 aliphatic rings. The Balaban J connectivity index is 0.00000247. The minimum atomic E-state index is -0.746. The number of amides is 1. The van der Waals surface area contributed by atoms with Gasteiger partial charge < -0.3 is 30.3 Å². The number of aromatic nitrogens is 2. The Hall–Kier alpha value is -3.56. The number of ether oxygens (including phenoxy) is 2. The number of rotatable bonds is 9. The third-order valence-electron chi connectivity index (χ3n) is 5.79. The second-order valence-electron chi connectivity index (χ2n) is 9.79. The topological polar surface area (TPSA) is 123 Å². The van der Waals surface area contributed by atoms with E-state index < -0.39 is 17.6 Å². The van der Waals surface area contributed by atoms with Gasteiger partial charge in [0.15, 0.2) is 5.82 Å². The summed E-state index contributed by atoms with van der Waals surface area (Å²) < 4.78 is 11.1. The van der Waals surface area contributed by atoms with E-state index in [1.807, 2.05) is 65.5 Å². The lowest BCUT2D eigenvalue weighted by molar-refractivity contribution is -0.155. The van der Waals surface area contributed by atoms with Crippen molar-refractivity contribution in [3.8, 4) is 5.75 Å². The summed E-state index contributed by atoms with van der Waals surface area (Å²) >= 11 is 0. The maximum atomic E-state index is 13.1. The molecule has 0 saturated carbocycles. The number of nitrogens with one attached hydrogen (secondary N) is 1. The van der Waals surface area contributed by atoms with Crippen molar-refractivity contribution in [1.29, 1.82) is 0 Å². The van der Waals surface area contributed by atoms with Crippen molar-refractivity contribution in [3.05, 3.63) is 36.0 Å². The third kappa shape index (κ3) is 9.08. The molecule has 1 unspecified atom stereocenters. The highest BCUT2D eigenvalue weighted by atomic mass is 16.6. The lowest BCUT2D eigenvalue weighted by Crippen LogP contribution is -2.38. The summed E-state index contributed by atoms with van der Waals surface area (Å²) in [5, 5.41) is 3.18. The Bertz CT molecular complexity index is 1030. The zero-order chi connectivity index (χ0) is 28.3. The van der Waals surface area contributed by atoms with Crippen LogP contribution in [0.3, 0.4) is 0 Å². The van der Waals surface area contributed by atoms with E-state index in [0.29, 0.717) is 29.6 Å². The summed E-state index contributed by atoms with van der Waals surface area (Å²) in [6.07, 6.45) is 3.52. The van der Waals surface area contributed by atoms with E-state index in [2.05, 4.69) is 15.3 Å². The van der Waals surface area contributed by atoms with Gasteiger partial charge >= 0.3 is 12.1 Å². The standard InChI is InChI=1S/C26H38N6O4.C2H6/c1-6-31(7-2)24-28-17-20(27)22(30-24)29-21(23(33)36-26(3,4)5)16-18-10-12-19(13-11-18)35-25(34)32-14-8-9-15-32;1-2/h10-13,17,21H,6-9,14-16,27H2,1-5H3,(H,28,29,30);1-2H3. The first-order valence-corrected chi connectivity index (χ1v) is 13.5. The van der Waals surface area contributed by atoms with Crippen LogP contribution in [-0.4, -0.2) is 64.8 Å². The fraction of sp³-hybridized carbons (Fsp3) is 0.571. The maximum Gasteiger partial charge on any atom is 0.415 e. The van der Waals surface area contributed by atoms with Gasteiger partial charge in [0.05, 0.1) is 11.9 Å². The number of carbonyl (C=O) groups is 2. The van der Waals surface area contributed by atoms with Gasteiger partial charge in [-0.25, -0.2) is 14.6 Å². The predicted molar refractivity (Wildman–Crippen MR) is 152 cm³/mol. The molecule has 1 fully saturated rings. The van der Waals surface area contributed by atoms with Crippen LogP contribution in [0.1, 0.15) is 66.9 Å². The summed E-state index contributed by atoms with van der Waals surface area (Å²) in [6.45, 7) is 16.4. The molecule has 1 saturated heterocycles. The number of carbonyl (C=O) groups excluding carboxylic acids is 2. The van der Waals surface area contributed by atoms with E-state index in [0.717, 1.165) is 44.6 Å². The minimum absolute atomic E-state index is 0.319. The summed E-state index contributed by atoms with van der Waals surface area (Å²) in [5.74, 6) is 0.943. The molecule has 3 rings (SSSR count). The number of nitrogens with zero attached hydrogens (tertiary/aromatic N) is 4. The fourth-order valence-corrected chi connectivity index (χ4v) is 3.88. The number of anilines is 3. The van der Waals surface area contributed by atoms with Crippen molar-refractivity contribution in [2.24, 2.45) is 0 Å². The number of benzene rings is 1. The van der Waals surface area contributed by atoms with Crippen molar-refractivity contribution in [2.75, 3.05) is 42.1 Å². The van der Waals surface area contributed by atoms with Crippen LogP contribution in [0, 0.1) is 0 Å². The molecule has 0 radical (unpaired) electrons. The summed E-state index contributed by atoms with van der Waals surface area (Å²) in [5.41, 5.74) is 6.68. The SMILES string of the molecule is CC.CCN(CC)c1ncc(N)c(NC(Cc2ccc(OC(=O)N3CCCC3)cc2)C(=O)OC(C)(C)C)n1. The molecule has 1 atom stereocenters. The Morgan fingerprint density at radius 1 is 1.11 bits per heavy atom. The van der Waals surface area contributed by atoms with Gasteiger partial charge in [-0.1, -0.05) is 26.0 Å². The summed E-state index contributed by atoms with van der Waals surface area (Å²) in [7, 11) is 0. The van der Waals surface area contributed by atoms with Gasteiger partial charge in [0, 0.05) is 32.6 Å². The molecule has 210 valence electrons. The number of likely N-dealkylation sites (tertiary alicyclic amines) is 1. The minimum Gasteiger partial charge on any atom is -0.458 e. The molecule has 0 bridgehead atoms. The van der Waals surface area contributed by atoms with Crippen molar-refractivity contribution in [3.63, 3.8) is 0 Å². The highest BCUT2D eigenvalue weighted by Gasteiger charge is 2.27. The molecular weight excluding hydrogens is 484 g/mol. The van der Waals surface area contributed by atoms with Gasteiger partial charge in [-0.15, -0.1) is 0 Å². The molecule has 2 aromatic rings. The quantitative estimate of drug-likeness (QED) is 0.438. The van der Waals surface area contributed by atoms with Crippen molar-refractivity contribution in [2.45, 2.75) is 79.4 Å². The smallest absolute Gasteiger partial charge is 0.415 e. The van der Waals surface area contributed by atoms with Crippen LogP contribution in [0.25, 0.3) is 0 Å². The van der Waals surface area contributed by atoms with E-state index in [4.69, 9.17) is 15.2 Å². The average molecular weight is 529 g/mol. The first-order chi connectivity index (χ1) is 18.1. The van der Waals surface area contributed by atoms with Crippen molar-refractivity contribution >= 4 is 29.5 Å². The van der Waals surface area contributed by atoms with Crippen LogP contribution in [0.4, 0.5) is 22.2 Å². The van der Waals surface area contributed by atoms with Gasteiger partial charge in [-0.05, 0) is 65.2 Å². The van der Waals surface area contributed by atoms with Gasteiger partial charge in [0.1, 0.15) is 17.4 Å². The van der Waals surface area contributed by atoms with Gasteiger partial charge in [0.2, 0.25) is 5.95 Å². The molecule has 10 heteroatoms. The molecule has 1 aliphatic heterocycles. The average Bonchev–Trinajstić information content (AvgIpc) is 3.43. The van der Waals surface area contributed by atoms with Crippen LogP contribution in [-0.2, 0) is 16.0 Å². The molecule has 1 aromatic heterocycles. The van der Waals surface area contributed by atoms with E-state index >= 15 is 0 Å². The lowest BCUT2D eigenvalue weighted by Gasteiger charge is -2.26. The third-order valence-corrected chi connectivity index (χ3v) is 5.79. The molecule has 2 heterocycles. The van der Waals surface area contributed by atoms with Gasteiger partial charge in [-0.3, -0.25) is 0 Å². The zero-order valence-corrected chi connectivity index (χ0v) is 23.9. The number of hydrogen-bond donors (Lipinski definition) is 2. The Morgan fingerprint density at radius 3 is 2.26 bits per heavy atom. The van der Waals surface area contributed by atoms with Gasteiger partial charge in [0.25, 0.3) is 0 Å². The van der Waals surface area contributed by atoms with Crippen molar-refractivity contribution in [1.82, 2.24) is 14.9 Å². The van der Waals surface area contributed by atoms with Crippen LogP contribution in [0.15, 0.2) is 30.5 Å². The van der Waals surface area contributed by atoms with Crippen LogP contribution >= 0.6 is 0 Å². The van der Waals surface area contributed by atoms with Crippen LogP contribution < -0.4 is 20.7 Å². The fourth-order valence-electron chi connectivity index (χ4n) is 3.88. The highest BCUT2D eigenvalue weighted by Crippen LogP contribution is 2.23. The van der Waals surface area contributed by atoms with Crippen LogP contribution in [0.2, 0.25) is 0 Å². The number of esters is 1. The normalized spacial score (nSPS) is 13.7. The molecule has 10 nitrogen and oxygen atoms in total. The number of hydrogen-bond acceptors (Lipinski definition) is 9. The van der Waals surface area contributed by atoms with E-state index in [9.17, 15) is 9.59 Å². The van der Waals surface area contributed by atoms with E-state index in [-0.39, 0.29) is 6.09 Å². The molecular formula is C28H44N6O4. The first kappa shape index (κ1) is 30.7. The van der Waals surface area contributed by atoms with E-state index in [1.54, 1.807) is 23.2 Å². The molecule has 0 aliphatic carbocycles. The molecule has 3 N–H and O–H groups in total. The van der Waals surface area contributed by atoms with Crippen molar-refractivity contribution < 1.29 is 19.1 Å². The second kappa shape index (κ2) is 14.4. The predicted octanol–water partition coefficient (Wildman–Crippen LogP) is 4.89. The maximum absolute atomic E-state index is 13.1. The largest absolute Gasteiger partial charge is 0.458 e. The number of nitrogens with two attached hydrogens (primary N) is 1. The Kier molecular flexibility index (Phi) is 11.6. The summed E-state index contributed by atoms with van der Waals surface area (Å²) in [6, 6.07) is 6.37. The monoisotopic (exact) mass is 528 g/mol.